The lowest BCUT2D eigenvalue weighted by Crippen LogP contribution is -2.58. The summed E-state index contributed by atoms with van der Waals surface area (Å²) in [5, 5.41) is 26.7. The van der Waals surface area contributed by atoms with Gasteiger partial charge in [-0.3, -0.25) is 19.8 Å². The first-order valence-electron chi connectivity index (χ1n) is 26.4. The zero-order valence-corrected chi connectivity index (χ0v) is 43.7. The van der Waals surface area contributed by atoms with Crippen LogP contribution in [0.3, 0.4) is 0 Å². The number of piperidine rings is 1. The Kier molecular flexibility index (Phi) is 13.6. The molecule has 6 heterocycles. The lowest BCUT2D eigenvalue weighted by Gasteiger charge is -2.57. The Hall–Kier alpha value is -6.00. The summed E-state index contributed by atoms with van der Waals surface area (Å²) in [6, 6.07) is 19.2. The molecule has 6 aliphatic rings. The average molecular weight is 1070 g/mol. The second kappa shape index (κ2) is 19.8. The SMILES string of the molecule is CC1(O)CCC(CNc2ccc(S(=O)(=O)NC(=O)c3ccc(N4CCC5(CC4)CC(N4CCOC[C@H]4c4ccccc4C(C)(C)C(F)(F)F)C5)cc3N3c4cc5cc[nH]c5nc4O[C@H]4COCC[C@@H]43)cc2[N+](=O)[O-])CC1. The van der Waals surface area contributed by atoms with E-state index >= 15 is 0 Å². The molecule has 5 aromatic rings. The molecule has 4 N–H and O–H groups in total. The van der Waals surface area contributed by atoms with Crippen LogP contribution >= 0.6 is 0 Å². The molecule has 3 aromatic carbocycles. The molecule has 4 aliphatic heterocycles. The van der Waals surface area contributed by atoms with Crippen LogP contribution < -0.4 is 24.6 Å². The number of nitro groups is 1. The molecule has 1 amide bonds. The third-order valence-electron chi connectivity index (χ3n) is 17.4. The molecule has 0 bridgehead atoms. The van der Waals surface area contributed by atoms with Crippen molar-refractivity contribution in [2.75, 3.05) is 67.7 Å². The number of amides is 1. The number of nitro benzene ring substituents is 1. The number of rotatable bonds is 12. The van der Waals surface area contributed by atoms with Crippen LogP contribution in [0, 0.1) is 21.4 Å². The second-order valence-corrected chi connectivity index (χ2v) is 24.3. The van der Waals surface area contributed by atoms with Gasteiger partial charge in [0.15, 0.2) is 0 Å². The van der Waals surface area contributed by atoms with Gasteiger partial charge < -0.3 is 39.4 Å². The van der Waals surface area contributed by atoms with Crippen molar-refractivity contribution in [3.8, 4) is 5.88 Å². The molecule has 21 heteroatoms. The maximum atomic E-state index is 14.7. The molecule has 1 spiro atoms. The quantitative estimate of drug-likeness (QED) is 0.0679. The van der Waals surface area contributed by atoms with E-state index < -0.39 is 54.7 Å². The first-order chi connectivity index (χ1) is 36.2. The summed E-state index contributed by atoms with van der Waals surface area (Å²) in [7, 11) is -4.67. The highest BCUT2D eigenvalue weighted by atomic mass is 32.2. The van der Waals surface area contributed by atoms with Crippen LogP contribution in [0.2, 0.25) is 0 Å². The van der Waals surface area contributed by atoms with Gasteiger partial charge in [-0.2, -0.15) is 18.2 Å². The Morgan fingerprint density at radius 2 is 1.68 bits per heavy atom. The number of aromatic nitrogens is 2. The van der Waals surface area contributed by atoms with Gasteiger partial charge in [0.25, 0.3) is 21.6 Å². The number of hydrogen-bond donors (Lipinski definition) is 4. The number of carbonyl (C=O) groups excluding carboxylic acids is 1. The van der Waals surface area contributed by atoms with Crippen molar-refractivity contribution in [3.05, 3.63) is 106 Å². The minimum absolute atomic E-state index is 0.0414. The number of hydrogen-bond acceptors (Lipinski definition) is 14. The predicted molar refractivity (Wildman–Crippen MR) is 280 cm³/mol. The molecule has 406 valence electrons. The number of benzene rings is 3. The summed E-state index contributed by atoms with van der Waals surface area (Å²) >= 11 is 0. The van der Waals surface area contributed by atoms with Crippen LogP contribution in [0.15, 0.2) is 83.9 Å². The van der Waals surface area contributed by atoms with Crippen LogP contribution in [0.25, 0.3) is 11.0 Å². The molecular weight excluding hydrogens is 1010 g/mol. The van der Waals surface area contributed by atoms with Gasteiger partial charge in [-0.15, -0.1) is 0 Å². The molecule has 76 heavy (non-hydrogen) atoms. The monoisotopic (exact) mass is 1070 g/mol. The minimum atomic E-state index is -4.67. The van der Waals surface area contributed by atoms with E-state index in [1.54, 1.807) is 37.4 Å². The van der Waals surface area contributed by atoms with Gasteiger partial charge in [-0.25, -0.2) is 13.1 Å². The lowest BCUT2D eigenvalue weighted by molar-refractivity contribution is -0.384. The summed E-state index contributed by atoms with van der Waals surface area (Å²) in [6.45, 7) is 8.20. The number of carbonyl (C=O) groups is 1. The fourth-order valence-corrected chi connectivity index (χ4v) is 13.7. The van der Waals surface area contributed by atoms with Gasteiger partial charge in [0, 0.05) is 62.2 Å². The van der Waals surface area contributed by atoms with E-state index in [0.717, 1.165) is 55.7 Å². The standard InChI is InChI=1S/C55H65F3N8O9S/c1-52(2,55(56,57)58)41-7-5-4-6-39(41)47-32-74-25-23-64(47)37-29-54(30-37)18-21-63(22-19-54)36-8-10-40(44(27-36)65-43-15-24-73-33-48(43)75-51-46(65)26-35-14-20-59-49(35)61-51)50(67)62-76(71,72)38-9-11-42(45(28-38)66(69)70)60-31-34-12-16-53(3,68)17-13-34/h4-11,14,20,26-28,34,37,43,47-48,60,68H,12-13,15-19,21-25,29-33H2,1-3H3,(H,59,61)(H,62,67)/t34?,43-,47-,48-,53?/m0/s1. The van der Waals surface area contributed by atoms with Gasteiger partial charge in [0.05, 0.1) is 64.0 Å². The summed E-state index contributed by atoms with van der Waals surface area (Å²) in [4.78, 5) is 40.6. The number of aliphatic hydroxyl groups is 1. The highest BCUT2D eigenvalue weighted by molar-refractivity contribution is 7.90. The first kappa shape index (κ1) is 52.1. The highest BCUT2D eigenvalue weighted by Gasteiger charge is 2.53. The van der Waals surface area contributed by atoms with Crippen LogP contribution in [0.1, 0.15) is 106 Å². The Bertz CT molecular complexity index is 3130. The van der Waals surface area contributed by atoms with Crippen LogP contribution in [0.4, 0.5) is 41.6 Å². The molecule has 2 aromatic heterocycles. The van der Waals surface area contributed by atoms with Gasteiger partial charge >= 0.3 is 6.18 Å². The number of nitrogens with zero attached hydrogens (tertiary/aromatic N) is 5. The molecule has 3 saturated heterocycles. The molecule has 2 saturated carbocycles. The van der Waals surface area contributed by atoms with E-state index in [2.05, 4.69) is 24.8 Å². The number of pyridine rings is 1. The van der Waals surface area contributed by atoms with E-state index in [-0.39, 0.29) is 52.9 Å². The van der Waals surface area contributed by atoms with Crippen molar-refractivity contribution >= 4 is 55.4 Å². The third kappa shape index (κ3) is 9.85. The van der Waals surface area contributed by atoms with Gasteiger partial charge in [-0.1, -0.05) is 24.3 Å². The van der Waals surface area contributed by atoms with E-state index in [1.807, 2.05) is 35.2 Å². The van der Waals surface area contributed by atoms with Gasteiger partial charge in [0.1, 0.15) is 23.1 Å². The van der Waals surface area contributed by atoms with Crippen molar-refractivity contribution in [3.63, 3.8) is 0 Å². The second-order valence-electron chi connectivity index (χ2n) is 22.7. The normalized spacial score (nSPS) is 25.3. The summed E-state index contributed by atoms with van der Waals surface area (Å²) < 4.78 is 92.2. The average Bonchev–Trinajstić information content (AvgIpc) is 3.93. The lowest BCUT2D eigenvalue weighted by atomic mass is 9.59. The number of halogens is 3. The van der Waals surface area contributed by atoms with E-state index in [9.17, 15) is 41.6 Å². The zero-order chi connectivity index (χ0) is 53.4. The third-order valence-corrected chi connectivity index (χ3v) is 18.8. The number of fused-ring (bicyclic) bond motifs is 3. The maximum absolute atomic E-state index is 14.7. The van der Waals surface area contributed by atoms with E-state index in [0.29, 0.717) is 93.7 Å². The van der Waals surface area contributed by atoms with Crippen LogP contribution in [0.5, 0.6) is 5.88 Å². The molecule has 2 aliphatic carbocycles. The number of alkyl halides is 3. The number of nitrogens with one attached hydrogen (secondary N) is 3. The minimum Gasteiger partial charge on any atom is -0.468 e. The fourth-order valence-electron chi connectivity index (χ4n) is 12.7. The van der Waals surface area contributed by atoms with E-state index in [1.165, 1.54) is 26.0 Å². The van der Waals surface area contributed by atoms with Gasteiger partial charge in [0.2, 0.25) is 5.88 Å². The van der Waals surface area contributed by atoms with Crippen molar-refractivity contribution in [2.24, 2.45) is 11.3 Å². The molecule has 11 rings (SSSR count). The predicted octanol–water partition coefficient (Wildman–Crippen LogP) is 9.29. The zero-order valence-electron chi connectivity index (χ0n) is 42.9. The molecule has 17 nitrogen and oxygen atoms in total. The Morgan fingerprint density at radius 3 is 2.43 bits per heavy atom. The van der Waals surface area contributed by atoms with Crippen molar-refractivity contribution in [1.29, 1.82) is 0 Å². The molecule has 0 radical (unpaired) electrons. The molecule has 3 atom stereocenters. The van der Waals surface area contributed by atoms with Crippen LogP contribution in [-0.2, 0) is 24.9 Å². The molecule has 5 fully saturated rings. The number of morpholine rings is 1. The number of H-pyrrole nitrogens is 1. The van der Waals surface area contributed by atoms with Crippen molar-refractivity contribution in [2.45, 2.75) is 125 Å². The Labute approximate surface area is 439 Å². The van der Waals surface area contributed by atoms with E-state index in [4.69, 9.17) is 19.2 Å². The summed E-state index contributed by atoms with van der Waals surface area (Å²) in [6.07, 6.45) is 3.63. The molecule has 0 unspecified atom stereocenters. The van der Waals surface area contributed by atoms with Crippen molar-refractivity contribution < 1.29 is 50.6 Å². The maximum Gasteiger partial charge on any atom is 0.397 e. The summed E-state index contributed by atoms with van der Waals surface area (Å²) in [5.74, 6) is -0.448. The Balaban J connectivity index is 0.858. The number of aromatic amines is 1. The number of anilines is 4. The first-order valence-corrected chi connectivity index (χ1v) is 27.9. The molecular formula is C55H65F3N8O9S. The topological polar surface area (TPSA) is 205 Å². The number of sulfonamides is 1. The van der Waals surface area contributed by atoms with Gasteiger partial charge in [-0.05, 0) is 143 Å². The Morgan fingerprint density at radius 1 is 0.934 bits per heavy atom. The van der Waals surface area contributed by atoms with Crippen LogP contribution in [-0.4, -0.2) is 122 Å². The fraction of sp³-hybridized carbons (Fsp3) is 0.527. The smallest absolute Gasteiger partial charge is 0.397 e. The largest absolute Gasteiger partial charge is 0.468 e. The van der Waals surface area contributed by atoms with Crippen molar-refractivity contribution in [1.82, 2.24) is 19.6 Å². The number of ether oxygens (including phenoxy) is 3. The summed E-state index contributed by atoms with van der Waals surface area (Å²) in [5.41, 5.74) is 0.363. The highest BCUT2D eigenvalue weighted by Crippen LogP contribution is 2.54.